The molecule has 0 bridgehead atoms. The van der Waals surface area contributed by atoms with Crippen molar-refractivity contribution in [1.29, 1.82) is 0 Å². The molecule has 0 fully saturated rings. The summed E-state index contributed by atoms with van der Waals surface area (Å²) in [6, 6.07) is 9.06. The van der Waals surface area contributed by atoms with Crippen molar-refractivity contribution < 1.29 is 9.72 Å². The van der Waals surface area contributed by atoms with E-state index in [-0.39, 0.29) is 11.7 Å². The largest absolute Gasteiger partial charge is 0.404 e. The third kappa shape index (κ3) is 4.28. The lowest BCUT2D eigenvalue weighted by Gasteiger charge is -2.18. The maximum absolute atomic E-state index is 12.8. The van der Waals surface area contributed by atoms with Crippen molar-refractivity contribution in [2.45, 2.75) is 26.6 Å². The predicted molar refractivity (Wildman–Crippen MR) is 106 cm³/mol. The van der Waals surface area contributed by atoms with Crippen LogP contribution in [0, 0.1) is 10.1 Å². The van der Waals surface area contributed by atoms with Gasteiger partial charge in [0.25, 0.3) is 5.91 Å². The zero-order chi connectivity index (χ0) is 20.3. The number of rotatable bonds is 7. The van der Waals surface area contributed by atoms with Gasteiger partial charge in [0.1, 0.15) is 4.47 Å². The summed E-state index contributed by atoms with van der Waals surface area (Å²) in [6.45, 7) is 3.51. The lowest BCUT2D eigenvalue weighted by molar-refractivity contribution is -0.390. The summed E-state index contributed by atoms with van der Waals surface area (Å²) in [6.07, 6.45) is 3.27. The molecule has 2 aromatic heterocycles. The minimum atomic E-state index is -0.545. The SMILES string of the molecule is CCn1nccc1CN(C)C(=O)c1cccc(Cn2cc(Br)c([N+](=O)[O-])n2)c1. The molecule has 0 spiro atoms. The summed E-state index contributed by atoms with van der Waals surface area (Å²) in [5.74, 6) is -0.349. The second-order valence-corrected chi connectivity index (χ2v) is 7.11. The van der Waals surface area contributed by atoms with Gasteiger partial charge in [-0.15, -0.1) is 0 Å². The standard InChI is InChI=1S/C18H19BrN6O3/c1-3-24-15(7-8-20-24)11-22(2)18(26)14-6-4-5-13(9-14)10-23-12-16(19)17(21-23)25(27)28/h4-9,12H,3,10-11H2,1-2H3. The molecule has 0 aliphatic heterocycles. The van der Waals surface area contributed by atoms with E-state index < -0.39 is 4.92 Å². The highest BCUT2D eigenvalue weighted by Crippen LogP contribution is 2.22. The Balaban J connectivity index is 1.74. The molecule has 2 heterocycles. The van der Waals surface area contributed by atoms with E-state index in [2.05, 4.69) is 26.1 Å². The fourth-order valence-electron chi connectivity index (χ4n) is 2.90. The van der Waals surface area contributed by atoms with Crippen LogP contribution in [0.5, 0.6) is 0 Å². The van der Waals surface area contributed by atoms with Crippen LogP contribution < -0.4 is 0 Å². The number of halogens is 1. The van der Waals surface area contributed by atoms with Gasteiger partial charge in [0.15, 0.2) is 0 Å². The summed E-state index contributed by atoms with van der Waals surface area (Å²) >= 11 is 3.13. The first-order chi connectivity index (χ1) is 13.4. The number of aryl methyl sites for hydroxylation is 1. The minimum absolute atomic E-state index is 0.113. The molecule has 3 aromatic rings. The van der Waals surface area contributed by atoms with Gasteiger partial charge in [-0.3, -0.25) is 9.48 Å². The first-order valence-electron chi connectivity index (χ1n) is 8.61. The van der Waals surface area contributed by atoms with Crippen LogP contribution in [0.3, 0.4) is 0 Å². The average Bonchev–Trinajstić information content (AvgIpc) is 3.27. The second kappa shape index (κ2) is 8.34. The van der Waals surface area contributed by atoms with Crippen LogP contribution in [0.1, 0.15) is 28.5 Å². The monoisotopic (exact) mass is 446 g/mol. The molecule has 0 atom stereocenters. The Morgan fingerprint density at radius 1 is 1.36 bits per heavy atom. The molecule has 0 radical (unpaired) electrons. The van der Waals surface area contributed by atoms with Crippen LogP contribution >= 0.6 is 15.9 Å². The molecule has 28 heavy (non-hydrogen) atoms. The first kappa shape index (κ1) is 19.7. The van der Waals surface area contributed by atoms with Gasteiger partial charge >= 0.3 is 5.82 Å². The van der Waals surface area contributed by atoms with Crippen LogP contribution in [0.15, 0.2) is 47.2 Å². The van der Waals surface area contributed by atoms with E-state index in [1.54, 1.807) is 42.5 Å². The molecule has 0 N–H and O–H groups in total. The number of carbonyl (C=O) groups excluding carboxylic acids is 1. The minimum Gasteiger partial charge on any atom is -0.358 e. The highest BCUT2D eigenvalue weighted by atomic mass is 79.9. The van der Waals surface area contributed by atoms with Crippen molar-refractivity contribution in [1.82, 2.24) is 24.5 Å². The third-order valence-electron chi connectivity index (χ3n) is 4.24. The van der Waals surface area contributed by atoms with Gasteiger partial charge < -0.3 is 15.0 Å². The summed E-state index contributed by atoms with van der Waals surface area (Å²) in [5, 5.41) is 19.1. The van der Waals surface area contributed by atoms with Crippen molar-refractivity contribution in [2.75, 3.05) is 7.05 Å². The van der Waals surface area contributed by atoms with Crippen molar-refractivity contribution >= 4 is 27.7 Å². The number of carbonyl (C=O) groups is 1. The number of amides is 1. The van der Waals surface area contributed by atoms with Gasteiger partial charge in [-0.1, -0.05) is 12.1 Å². The van der Waals surface area contributed by atoms with Gasteiger partial charge in [0.05, 0.1) is 30.1 Å². The van der Waals surface area contributed by atoms with Crippen LogP contribution in [0.25, 0.3) is 0 Å². The lowest BCUT2D eigenvalue weighted by atomic mass is 10.1. The first-order valence-corrected chi connectivity index (χ1v) is 9.40. The molecule has 0 saturated carbocycles. The zero-order valence-corrected chi connectivity index (χ0v) is 17.0. The van der Waals surface area contributed by atoms with E-state index in [0.29, 0.717) is 23.1 Å². The molecule has 146 valence electrons. The van der Waals surface area contributed by atoms with E-state index in [1.165, 1.54) is 4.68 Å². The number of hydrogen-bond acceptors (Lipinski definition) is 5. The fourth-order valence-corrected chi connectivity index (χ4v) is 3.36. The Bertz CT molecular complexity index is 1010. The summed E-state index contributed by atoms with van der Waals surface area (Å²) in [5.41, 5.74) is 2.33. The highest BCUT2D eigenvalue weighted by molar-refractivity contribution is 9.10. The Labute approximate surface area is 169 Å². The van der Waals surface area contributed by atoms with Gasteiger partial charge in [-0.25, -0.2) is 0 Å². The number of hydrogen-bond donors (Lipinski definition) is 0. The summed E-state index contributed by atoms with van der Waals surface area (Å²) in [7, 11) is 1.75. The summed E-state index contributed by atoms with van der Waals surface area (Å²) < 4.78 is 3.63. The van der Waals surface area contributed by atoms with Crippen molar-refractivity contribution in [3.05, 3.63) is 74.1 Å². The molecular weight excluding hydrogens is 428 g/mol. The maximum Gasteiger partial charge on any atom is 0.404 e. The molecule has 0 aliphatic rings. The zero-order valence-electron chi connectivity index (χ0n) is 15.4. The molecule has 3 rings (SSSR count). The number of benzene rings is 1. The fraction of sp³-hybridized carbons (Fsp3) is 0.278. The van der Waals surface area contributed by atoms with Crippen molar-refractivity contribution in [3.8, 4) is 0 Å². The Hall–Kier alpha value is -3.01. The van der Waals surface area contributed by atoms with Gasteiger partial charge in [-0.05, 0) is 51.5 Å². The third-order valence-corrected chi connectivity index (χ3v) is 4.80. The van der Waals surface area contributed by atoms with Crippen LogP contribution in [-0.2, 0) is 19.6 Å². The quantitative estimate of drug-likeness (QED) is 0.410. The average molecular weight is 447 g/mol. The van der Waals surface area contributed by atoms with Crippen molar-refractivity contribution in [2.24, 2.45) is 0 Å². The van der Waals surface area contributed by atoms with Crippen LogP contribution in [0.2, 0.25) is 0 Å². The van der Waals surface area contributed by atoms with Gasteiger partial charge in [-0.2, -0.15) is 9.78 Å². The Morgan fingerprint density at radius 3 is 2.82 bits per heavy atom. The molecule has 0 saturated heterocycles. The van der Waals surface area contributed by atoms with E-state index in [4.69, 9.17) is 0 Å². The normalized spacial score (nSPS) is 10.8. The topological polar surface area (TPSA) is 99.1 Å². The summed E-state index contributed by atoms with van der Waals surface area (Å²) in [4.78, 5) is 24.8. The van der Waals surface area contributed by atoms with Gasteiger partial charge in [0.2, 0.25) is 0 Å². The molecular formula is C18H19BrN6O3. The van der Waals surface area contributed by atoms with E-state index in [9.17, 15) is 14.9 Å². The number of nitro groups is 1. The molecule has 0 aliphatic carbocycles. The number of nitrogens with zero attached hydrogens (tertiary/aromatic N) is 6. The van der Waals surface area contributed by atoms with Crippen LogP contribution in [-0.4, -0.2) is 42.3 Å². The highest BCUT2D eigenvalue weighted by Gasteiger charge is 2.19. The second-order valence-electron chi connectivity index (χ2n) is 6.26. The maximum atomic E-state index is 12.8. The van der Waals surface area contributed by atoms with E-state index in [1.807, 2.05) is 23.7 Å². The molecule has 0 unspecified atom stereocenters. The number of aromatic nitrogens is 4. The van der Waals surface area contributed by atoms with E-state index >= 15 is 0 Å². The van der Waals surface area contributed by atoms with Gasteiger partial charge in [0, 0.05) is 25.4 Å². The van der Waals surface area contributed by atoms with E-state index in [0.717, 1.165) is 17.8 Å². The predicted octanol–water partition coefficient (Wildman–Crippen LogP) is 3.09. The lowest BCUT2D eigenvalue weighted by Crippen LogP contribution is -2.27. The molecule has 1 amide bonds. The molecule has 1 aromatic carbocycles. The molecule has 10 heteroatoms. The van der Waals surface area contributed by atoms with Crippen molar-refractivity contribution in [3.63, 3.8) is 0 Å². The Morgan fingerprint density at radius 2 is 2.14 bits per heavy atom. The van der Waals surface area contributed by atoms with Crippen LogP contribution in [0.4, 0.5) is 5.82 Å². The molecule has 9 nitrogen and oxygen atoms in total. The Kier molecular flexibility index (Phi) is 5.88. The smallest absolute Gasteiger partial charge is 0.358 e.